The molecule has 0 saturated heterocycles. The fourth-order valence-electron chi connectivity index (χ4n) is 3.27. The summed E-state index contributed by atoms with van der Waals surface area (Å²) in [5, 5.41) is 4.48. The van der Waals surface area contributed by atoms with Gasteiger partial charge < -0.3 is 10.1 Å². The maximum Gasteiger partial charge on any atom is 0.122 e. The molecule has 0 amide bonds. The van der Waals surface area contributed by atoms with Crippen molar-refractivity contribution in [1.82, 2.24) is 10.3 Å². The predicted octanol–water partition coefficient (Wildman–Crippen LogP) is 4.64. The van der Waals surface area contributed by atoms with Crippen LogP contribution in [0.5, 0.6) is 0 Å². The van der Waals surface area contributed by atoms with E-state index in [1.54, 1.807) is 0 Å². The van der Waals surface area contributed by atoms with Crippen LogP contribution in [-0.4, -0.2) is 18.6 Å². The summed E-state index contributed by atoms with van der Waals surface area (Å²) in [6.07, 6.45) is 6.88. The SMILES string of the molecule is CCOC(c1nc(C(C)C)c(CNC)s1)C1CCCCC1. The van der Waals surface area contributed by atoms with E-state index < -0.39 is 0 Å². The Morgan fingerprint density at radius 3 is 2.57 bits per heavy atom. The first-order valence-electron chi connectivity index (χ1n) is 8.43. The fourth-order valence-corrected chi connectivity index (χ4v) is 4.64. The van der Waals surface area contributed by atoms with E-state index in [1.807, 2.05) is 18.4 Å². The largest absolute Gasteiger partial charge is 0.371 e. The second-order valence-electron chi connectivity index (χ2n) is 6.32. The second-order valence-corrected chi connectivity index (χ2v) is 7.43. The van der Waals surface area contributed by atoms with Crippen molar-refractivity contribution >= 4 is 11.3 Å². The van der Waals surface area contributed by atoms with E-state index in [0.29, 0.717) is 11.8 Å². The lowest BCUT2D eigenvalue weighted by Gasteiger charge is -2.28. The molecule has 1 aliphatic carbocycles. The molecule has 1 aromatic rings. The molecule has 1 fully saturated rings. The van der Waals surface area contributed by atoms with Gasteiger partial charge in [0.15, 0.2) is 0 Å². The van der Waals surface area contributed by atoms with Crippen molar-refractivity contribution in [1.29, 1.82) is 0 Å². The molecule has 2 rings (SSSR count). The van der Waals surface area contributed by atoms with Gasteiger partial charge in [-0.15, -0.1) is 11.3 Å². The van der Waals surface area contributed by atoms with Crippen molar-refractivity contribution in [3.63, 3.8) is 0 Å². The normalized spacial score (nSPS) is 18.3. The number of nitrogens with zero attached hydrogens (tertiary/aromatic N) is 1. The van der Waals surface area contributed by atoms with Gasteiger partial charge in [-0.3, -0.25) is 0 Å². The van der Waals surface area contributed by atoms with E-state index in [-0.39, 0.29) is 6.10 Å². The van der Waals surface area contributed by atoms with E-state index in [4.69, 9.17) is 9.72 Å². The van der Waals surface area contributed by atoms with Crippen molar-refractivity contribution in [2.45, 2.75) is 71.4 Å². The van der Waals surface area contributed by atoms with Gasteiger partial charge in [0.25, 0.3) is 0 Å². The molecule has 1 atom stereocenters. The molecule has 0 aromatic carbocycles. The number of aromatic nitrogens is 1. The van der Waals surface area contributed by atoms with Crippen molar-refractivity contribution in [3.05, 3.63) is 15.6 Å². The van der Waals surface area contributed by atoms with E-state index in [9.17, 15) is 0 Å². The van der Waals surface area contributed by atoms with E-state index in [0.717, 1.165) is 13.2 Å². The van der Waals surface area contributed by atoms with Crippen molar-refractivity contribution in [2.24, 2.45) is 5.92 Å². The molecule has 1 N–H and O–H groups in total. The molecule has 0 bridgehead atoms. The summed E-state index contributed by atoms with van der Waals surface area (Å²) in [5.74, 6) is 1.14. The van der Waals surface area contributed by atoms with E-state index >= 15 is 0 Å². The maximum absolute atomic E-state index is 6.12. The average molecular weight is 311 g/mol. The van der Waals surface area contributed by atoms with E-state index in [2.05, 4.69) is 26.1 Å². The second kappa shape index (κ2) is 8.25. The molecule has 1 saturated carbocycles. The van der Waals surface area contributed by atoms with Crippen molar-refractivity contribution in [2.75, 3.05) is 13.7 Å². The summed E-state index contributed by atoms with van der Waals surface area (Å²) in [7, 11) is 2.00. The van der Waals surface area contributed by atoms with Gasteiger partial charge in [0.05, 0.1) is 5.69 Å². The summed E-state index contributed by atoms with van der Waals surface area (Å²) in [5.41, 5.74) is 1.25. The third kappa shape index (κ3) is 4.27. The van der Waals surface area contributed by atoms with E-state index in [1.165, 1.54) is 47.7 Å². The standard InChI is InChI=1S/C17H30N2OS/c1-5-20-16(13-9-7-6-8-10-13)17-19-15(12(2)3)14(21-17)11-18-4/h12-13,16,18H,5-11H2,1-4H3. The first-order valence-corrected chi connectivity index (χ1v) is 9.24. The third-order valence-corrected chi connectivity index (χ3v) is 5.43. The van der Waals surface area contributed by atoms with Gasteiger partial charge in [-0.25, -0.2) is 4.98 Å². The van der Waals surface area contributed by atoms with Crippen LogP contribution in [0.4, 0.5) is 0 Å². The zero-order valence-electron chi connectivity index (χ0n) is 13.9. The molecule has 1 heterocycles. The predicted molar refractivity (Wildman–Crippen MR) is 89.9 cm³/mol. The van der Waals surface area contributed by atoms with Gasteiger partial charge in [-0.2, -0.15) is 0 Å². The first-order chi connectivity index (χ1) is 10.2. The van der Waals surface area contributed by atoms with Gasteiger partial charge in [0.1, 0.15) is 11.1 Å². The molecule has 1 aromatic heterocycles. The molecular weight excluding hydrogens is 280 g/mol. The van der Waals surface area contributed by atoms with Crippen molar-refractivity contribution in [3.8, 4) is 0 Å². The topological polar surface area (TPSA) is 34.1 Å². The summed E-state index contributed by atoms with van der Waals surface area (Å²) < 4.78 is 6.12. The zero-order chi connectivity index (χ0) is 15.2. The molecule has 3 nitrogen and oxygen atoms in total. The van der Waals surface area contributed by atoms with Crippen LogP contribution in [0.1, 0.15) is 80.5 Å². The van der Waals surface area contributed by atoms with Crippen LogP contribution in [0.15, 0.2) is 0 Å². The van der Waals surface area contributed by atoms with Gasteiger partial charge in [-0.1, -0.05) is 33.1 Å². The highest BCUT2D eigenvalue weighted by Gasteiger charge is 2.29. The smallest absolute Gasteiger partial charge is 0.122 e. The molecule has 0 spiro atoms. The number of hydrogen-bond donors (Lipinski definition) is 1. The van der Waals surface area contributed by atoms with Crippen LogP contribution in [0.25, 0.3) is 0 Å². The molecule has 4 heteroatoms. The molecule has 1 aliphatic rings. The minimum atomic E-state index is 0.211. The maximum atomic E-state index is 6.12. The molecular formula is C17H30N2OS. The fraction of sp³-hybridized carbons (Fsp3) is 0.824. The number of hydrogen-bond acceptors (Lipinski definition) is 4. The Bertz CT molecular complexity index is 424. The van der Waals surface area contributed by atoms with Crippen LogP contribution < -0.4 is 5.32 Å². The van der Waals surface area contributed by atoms with Crippen LogP contribution in [0.2, 0.25) is 0 Å². The van der Waals surface area contributed by atoms with Gasteiger partial charge in [0, 0.05) is 18.0 Å². The number of rotatable bonds is 7. The highest BCUT2D eigenvalue weighted by Crippen LogP contribution is 2.40. The van der Waals surface area contributed by atoms with Crippen LogP contribution >= 0.6 is 11.3 Å². The van der Waals surface area contributed by atoms with Crippen molar-refractivity contribution < 1.29 is 4.74 Å². The quantitative estimate of drug-likeness (QED) is 0.796. The number of thiazole rings is 1. The minimum Gasteiger partial charge on any atom is -0.371 e. The van der Waals surface area contributed by atoms with Gasteiger partial charge >= 0.3 is 0 Å². The Kier molecular flexibility index (Phi) is 6.65. The summed E-state index contributed by atoms with van der Waals surface area (Å²) in [6, 6.07) is 0. The lowest BCUT2D eigenvalue weighted by molar-refractivity contribution is 0.00541. The van der Waals surface area contributed by atoms with Crippen LogP contribution in [0.3, 0.4) is 0 Å². The Balaban J connectivity index is 2.24. The Labute approximate surface area is 133 Å². The molecule has 21 heavy (non-hydrogen) atoms. The minimum absolute atomic E-state index is 0.211. The monoisotopic (exact) mass is 310 g/mol. The highest BCUT2D eigenvalue weighted by molar-refractivity contribution is 7.11. The number of ether oxygens (including phenoxy) is 1. The molecule has 120 valence electrons. The summed E-state index contributed by atoms with van der Waals surface area (Å²) in [4.78, 5) is 6.35. The Morgan fingerprint density at radius 2 is 2.00 bits per heavy atom. The summed E-state index contributed by atoms with van der Waals surface area (Å²) in [6.45, 7) is 8.25. The lowest BCUT2D eigenvalue weighted by Crippen LogP contribution is -2.19. The zero-order valence-corrected chi connectivity index (χ0v) is 14.8. The van der Waals surface area contributed by atoms with Gasteiger partial charge in [0.2, 0.25) is 0 Å². The van der Waals surface area contributed by atoms with Crippen LogP contribution in [-0.2, 0) is 11.3 Å². The van der Waals surface area contributed by atoms with Gasteiger partial charge in [-0.05, 0) is 38.6 Å². The third-order valence-electron chi connectivity index (χ3n) is 4.30. The molecule has 1 unspecified atom stereocenters. The molecule has 0 radical (unpaired) electrons. The lowest BCUT2D eigenvalue weighted by atomic mass is 9.85. The first kappa shape index (κ1) is 16.9. The number of nitrogens with one attached hydrogen (secondary N) is 1. The van der Waals surface area contributed by atoms with Crippen LogP contribution in [0, 0.1) is 5.92 Å². The summed E-state index contributed by atoms with van der Waals surface area (Å²) >= 11 is 1.86. The highest BCUT2D eigenvalue weighted by atomic mass is 32.1. The average Bonchev–Trinajstić information content (AvgIpc) is 2.90. The molecule has 0 aliphatic heterocycles. The Hall–Kier alpha value is -0.450. The Morgan fingerprint density at radius 1 is 1.29 bits per heavy atom.